The summed E-state index contributed by atoms with van der Waals surface area (Å²) in [4.78, 5) is 23.3. The van der Waals surface area contributed by atoms with Crippen LogP contribution in [0.4, 0.5) is 8.78 Å². The summed E-state index contributed by atoms with van der Waals surface area (Å²) < 4.78 is 28.8. The van der Waals surface area contributed by atoms with E-state index in [-0.39, 0.29) is 18.4 Å². The molecule has 1 aromatic carbocycles. The van der Waals surface area contributed by atoms with Crippen molar-refractivity contribution in [3.63, 3.8) is 0 Å². The highest BCUT2D eigenvalue weighted by atomic mass is 32.2. The fourth-order valence-corrected chi connectivity index (χ4v) is 1.98. The van der Waals surface area contributed by atoms with Gasteiger partial charge < -0.3 is 10.1 Å². The second kappa shape index (κ2) is 7.84. The van der Waals surface area contributed by atoms with Crippen molar-refractivity contribution in [1.82, 2.24) is 5.32 Å². The Morgan fingerprint density at radius 3 is 2.40 bits per heavy atom. The van der Waals surface area contributed by atoms with E-state index in [1.54, 1.807) is 6.92 Å². The van der Waals surface area contributed by atoms with Crippen LogP contribution < -0.4 is 5.32 Å². The van der Waals surface area contributed by atoms with Crippen LogP contribution >= 0.6 is 11.8 Å². The number of hydrogen-bond donors (Lipinski definition) is 1. The molecule has 0 aliphatic carbocycles. The summed E-state index contributed by atoms with van der Waals surface area (Å²) in [5.74, 6) is -3.27. The van der Waals surface area contributed by atoms with Gasteiger partial charge in [-0.3, -0.25) is 9.59 Å². The lowest BCUT2D eigenvalue weighted by molar-refractivity contribution is -0.141. The van der Waals surface area contributed by atoms with Gasteiger partial charge in [-0.15, -0.1) is 0 Å². The van der Waals surface area contributed by atoms with Gasteiger partial charge in [-0.05, 0) is 31.2 Å². The summed E-state index contributed by atoms with van der Waals surface area (Å²) >= 11 is 0.418. The highest BCUT2D eigenvalue weighted by Crippen LogP contribution is 2.25. The van der Waals surface area contributed by atoms with Crippen LogP contribution in [0.3, 0.4) is 0 Å². The molecule has 0 radical (unpaired) electrons. The molecule has 0 aliphatic heterocycles. The fourth-order valence-electron chi connectivity index (χ4n) is 1.48. The molecule has 1 N–H and O–H groups in total. The molecular weight excluding hydrogens is 288 g/mol. The number of benzene rings is 1. The van der Waals surface area contributed by atoms with Crippen LogP contribution in [0.15, 0.2) is 29.2 Å². The Balaban J connectivity index is 2.57. The van der Waals surface area contributed by atoms with Gasteiger partial charge in [0.15, 0.2) is 0 Å². The minimum absolute atomic E-state index is 0.0710. The SMILES string of the molecule is COC(=O)CC(C)NC(=O)c1ccc(SC(F)F)cc1. The largest absolute Gasteiger partial charge is 0.469 e. The van der Waals surface area contributed by atoms with Gasteiger partial charge >= 0.3 is 5.97 Å². The van der Waals surface area contributed by atoms with Gasteiger partial charge in [0.05, 0.1) is 13.5 Å². The summed E-state index contributed by atoms with van der Waals surface area (Å²) in [6, 6.07) is 5.47. The highest BCUT2D eigenvalue weighted by molar-refractivity contribution is 7.99. The van der Waals surface area contributed by atoms with E-state index in [0.29, 0.717) is 22.2 Å². The van der Waals surface area contributed by atoms with Gasteiger partial charge in [-0.1, -0.05) is 11.8 Å². The predicted molar refractivity (Wildman–Crippen MR) is 71.9 cm³/mol. The van der Waals surface area contributed by atoms with Gasteiger partial charge in [0.25, 0.3) is 11.7 Å². The molecule has 1 aromatic rings. The third kappa shape index (κ3) is 5.56. The van der Waals surface area contributed by atoms with E-state index in [4.69, 9.17) is 0 Å². The van der Waals surface area contributed by atoms with Crippen molar-refractivity contribution >= 4 is 23.6 Å². The van der Waals surface area contributed by atoms with Crippen molar-refractivity contribution in [2.75, 3.05) is 7.11 Å². The van der Waals surface area contributed by atoms with Crippen LogP contribution in [0.1, 0.15) is 23.7 Å². The van der Waals surface area contributed by atoms with Crippen molar-refractivity contribution in [2.24, 2.45) is 0 Å². The van der Waals surface area contributed by atoms with Crippen molar-refractivity contribution in [3.8, 4) is 0 Å². The number of rotatable bonds is 6. The smallest absolute Gasteiger partial charge is 0.307 e. The zero-order valence-corrected chi connectivity index (χ0v) is 11.9. The lowest BCUT2D eigenvalue weighted by Gasteiger charge is -2.12. The summed E-state index contributed by atoms with van der Waals surface area (Å²) in [5.41, 5.74) is 0.348. The average molecular weight is 303 g/mol. The number of carbonyl (C=O) groups is 2. The monoisotopic (exact) mass is 303 g/mol. The molecular formula is C13H15F2NO3S. The summed E-state index contributed by atoms with van der Waals surface area (Å²) in [6.45, 7) is 1.68. The number of carbonyl (C=O) groups excluding carboxylic acids is 2. The number of hydrogen-bond acceptors (Lipinski definition) is 4. The van der Waals surface area contributed by atoms with Crippen LogP contribution in [0.2, 0.25) is 0 Å². The molecule has 4 nitrogen and oxygen atoms in total. The standard InChI is InChI=1S/C13H15F2NO3S/c1-8(7-11(17)19-2)16-12(18)9-3-5-10(6-4-9)20-13(14)15/h3-6,8,13H,7H2,1-2H3,(H,16,18). The van der Waals surface area contributed by atoms with E-state index in [1.807, 2.05) is 0 Å². The van der Waals surface area contributed by atoms with Crippen LogP contribution in [0, 0.1) is 0 Å². The normalized spacial score (nSPS) is 12.1. The van der Waals surface area contributed by atoms with Gasteiger partial charge in [0.2, 0.25) is 0 Å². The molecule has 1 unspecified atom stereocenters. The van der Waals surface area contributed by atoms with Crippen LogP contribution in [-0.4, -0.2) is 30.8 Å². The minimum atomic E-state index is -2.49. The fraction of sp³-hybridized carbons (Fsp3) is 0.385. The van der Waals surface area contributed by atoms with E-state index < -0.39 is 11.7 Å². The lowest BCUT2D eigenvalue weighted by Crippen LogP contribution is -2.34. The first-order chi connectivity index (χ1) is 9.42. The van der Waals surface area contributed by atoms with Gasteiger partial charge in [0, 0.05) is 16.5 Å². The molecule has 0 aliphatic rings. The number of nitrogens with one attached hydrogen (secondary N) is 1. The maximum absolute atomic E-state index is 12.1. The number of methoxy groups -OCH3 is 1. The maximum Gasteiger partial charge on any atom is 0.307 e. The number of thioether (sulfide) groups is 1. The Labute approximate surface area is 119 Å². The van der Waals surface area contributed by atoms with Crippen molar-refractivity contribution in [2.45, 2.75) is 30.0 Å². The zero-order valence-electron chi connectivity index (χ0n) is 11.1. The first kappa shape index (κ1) is 16.4. The van der Waals surface area contributed by atoms with E-state index in [1.165, 1.54) is 31.4 Å². The molecule has 1 amide bonds. The van der Waals surface area contributed by atoms with Gasteiger partial charge in [-0.2, -0.15) is 8.78 Å². The molecule has 0 bridgehead atoms. The number of alkyl halides is 2. The maximum atomic E-state index is 12.1. The van der Waals surface area contributed by atoms with E-state index >= 15 is 0 Å². The first-order valence-corrected chi connectivity index (χ1v) is 6.73. The van der Waals surface area contributed by atoms with Gasteiger partial charge in [0.1, 0.15) is 0 Å². The average Bonchev–Trinajstić information content (AvgIpc) is 2.38. The molecule has 0 heterocycles. The Morgan fingerprint density at radius 2 is 1.90 bits per heavy atom. The topological polar surface area (TPSA) is 55.4 Å². The number of esters is 1. The summed E-state index contributed by atoms with van der Waals surface area (Å²) in [6.07, 6.45) is 0.0710. The highest BCUT2D eigenvalue weighted by Gasteiger charge is 2.14. The Hall–Kier alpha value is -1.63. The van der Waals surface area contributed by atoms with Crippen LogP contribution in [0.25, 0.3) is 0 Å². The van der Waals surface area contributed by atoms with Crippen molar-refractivity contribution in [1.29, 1.82) is 0 Å². The van der Waals surface area contributed by atoms with Crippen molar-refractivity contribution < 1.29 is 23.1 Å². The summed E-state index contributed by atoms with van der Waals surface area (Å²) in [7, 11) is 1.27. The molecule has 0 aromatic heterocycles. The van der Waals surface area contributed by atoms with Crippen molar-refractivity contribution in [3.05, 3.63) is 29.8 Å². The molecule has 0 fully saturated rings. The second-order valence-electron chi connectivity index (χ2n) is 4.06. The summed E-state index contributed by atoms with van der Waals surface area (Å²) in [5, 5.41) is 2.63. The third-order valence-electron chi connectivity index (χ3n) is 2.42. The molecule has 110 valence electrons. The Kier molecular flexibility index (Phi) is 6.44. The van der Waals surface area contributed by atoms with Gasteiger partial charge in [-0.25, -0.2) is 0 Å². The molecule has 0 spiro atoms. The molecule has 7 heteroatoms. The second-order valence-corrected chi connectivity index (χ2v) is 5.12. The molecule has 20 heavy (non-hydrogen) atoms. The minimum Gasteiger partial charge on any atom is -0.469 e. The Bertz CT molecular complexity index is 465. The number of amides is 1. The molecule has 0 saturated heterocycles. The van der Waals surface area contributed by atoms with E-state index in [2.05, 4.69) is 10.1 Å². The quantitative estimate of drug-likeness (QED) is 0.648. The molecule has 1 atom stereocenters. The predicted octanol–water partition coefficient (Wildman–Crippen LogP) is 2.68. The molecule has 1 rings (SSSR count). The third-order valence-corrected chi connectivity index (χ3v) is 3.14. The van der Waals surface area contributed by atoms with Crippen LogP contribution in [0.5, 0.6) is 0 Å². The molecule has 0 saturated carbocycles. The number of halogens is 2. The first-order valence-electron chi connectivity index (χ1n) is 5.85. The van der Waals surface area contributed by atoms with E-state index in [0.717, 1.165) is 0 Å². The van der Waals surface area contributed by atoms with Crippen LogP contribution in [-0.2, 0) is 9.53 Å². The Morgan fingerprint density at radius 1 is 1.30 bits per heavy atom. The number of ether oxygens (including phenoxy) is 1. The zero-order chi connectivity index (χ0) is 15.1. The lowest BCUT2D eigenvalue weighted by atomic mass is 10.2. The van der Waals surface area contributed by atoms with E-state index in [9.17, 15) is 18.4 Å².